The predicted octanol–water partition coefficient (Wildman–Crippen LogP) is 1.37. The fourth-order valence-electron chi connectivity index (χ4n) is 3.03. The van der Waals surface area contributed by atoms with E-state index in [-0.39, 0.29) is 12.0 Å². The fraction of sp³-hybridized carbons (Fsp3) is 0.600. The maximum Gasteiger partial charge on any atom is 0.0651 e. The Hall–Kier alpha value is -0.900. The van der Waals surface area contributed by atoms with Crippen LogP contribution in [0.5, 0.6) is 0 Å². The van der Waals surface area contributed by atoms with Crippen LogP contribution in [0.2, 0.25) is 0 Å². The zero-order valence-electron chi connectivity index (χ0n) is 10.9. The van der Waals surface area contributed by atoms with E-state index in [4.69, 9.17) is 4.74 Å². The number of likely N-dealkylation sites (N-methyl/N-ethyl adjacent to an activating group) is 1. The van der Waals surface area contributed by atoms with Crippen LogP contribution in [0, 0.1) is 0 Å². The van der Waals surface area contributed by atoms with Gasteiger partial charge in [-0.25, -0.2) is 0 Å². The van der Waals surface area contributed by atoms with E-state index in [0.717, 1.165) is 6.54 Å². The zero-order valence-corrected chi connectivity index (χ0v) is 10.9. The fourth-order valence-corrected chi connectivity index (χ4v) is 3.03. The molecule has 1 aromatic carbocycles. The summed E-state index contributed by atoms with van der Waals surface area (Å²) in [6.07, 6.45) is 1.24. The molecule has 0 bridgehead atoms. The van der Waals surface area contributed by atoms with Gasteiger partial charge in [0, 0.05) is 6.54 Å². The molecule has 18 heavy (non-hydrogen) atoms. The Balaban J connectivity index is 1.85. The van der Waals surface area contributed by atoms with Gasteiger partial charge in [0.05, 0.1) is 25.2 Å². The number of aliphatic hydroxyl groups is 1. The van der Waals surface area contributed by atoms with Gasteiger partial charge in [0.25, 0.3) is 0 Å². The lowest BCUT2D eigenvalue weighted by molar-refractivity contribution is -0.0841. The Morgan fingerprint density at radius 2 is 2.28 bits per heavy atom. The van der Waals surface area contributed by atoms with Crippen molar-refractivity contribution in [3.05, 3.63) is 35.4 Å². The van der Waals surface area contributed by atoms with Crippen LogP contribution < -0.4 is 0 Å². The highest BCUT2D eigenvalue weighted by Crippen LogP contribution is 2.34. The molecule has 3 heteroatoms. The molecule has 0 radical (unpaired) electrons. The first kappa shape index (κ1) is 12.2. The van der Waals surface area contributed by atoms with E-state index < -0.39 is 0 Å². The van der Waals surface area contributed by atoms with Crippen molar-refractivity contribution in [2.75, 3.05) is 40.0 Å². The minimum Gasteiger partial charge on any atom is -0.395 e. The van der Waals surface area contributed by atoms with Crippen molar-refractivity contribution >= 4 is 0 Å². The Morgan fingerprint density at radius 1 is 1.44 bits per heavy atom. The number of rotatable bonds is 3. The first-order valence-corrected chi connectivity index (χ1v) is 6.71. The standard InChI is InChI=1S/C15H21NO2/c1-16-6-5-13(8-16)12-3-2-4-14(7-12)15(9-17)10-18-11-15/h2-4,7,13,17H,5-6,8-11H2,1H3. The topological polar surface area (TPSA) is 32.7 Å². The van der Waals surface area contributed by atoms with Gasteiger partial charge in [0.15, 0.2) is 0 Å². The highest BCUT2D eigenvalue weighted by atomic mass is 16.5. The largest absolute Gasteiger partial charge is 0.395 e. The number of hydrogen-bond acceptors (Lipinski definition) is 3. The van der Waals surface area contributed by atoms with E-state index in [1.807, 2.05) is 0 Å². The molecule has 1 N–H and O–H groups in total. The van der Waals surface area contributed by atoms with Crippen LogP contribution in [0.3, 0.4) is 0 Å². The van der Waals surface area contributed by atoms with Gasteiger partial charge in [-0.1, -0.05) is 24.3 Å². The Kier molecular flexibility index (Phi) is 3.14. The van der Waals surface area contributed by atoms with E-state index in [1.54, 1.807) is 0 Å². The summed E-state index contributed by atoms with van der Waals surface area (Å²) in [4.78, 5) is 2.38. The number of benzene rings is 1. The minimum atomic E-state index is -0.138. The van der Waals surface area contributed by atoms with Gasteiger partial charge >= 0.3 is 0 Å². The molecular weight excluding hydrogens is 226 g/mol. The molecule has 0 spiro atoms. The lowest BCUT2D eigenvalue weighted by atomic mass is 9.78. The number of likely N-dealkylation sites (tertiary alicyclic amines) is 1. The lowest BCUT2D eigenvalue weighted by Crippen LogP contribution is -2.49. The van der Waals surface area contributed by atoms with Crippen molar-refractivity contribution < 1.29 is 9.84 Å². The monoisotopic (exact) mass is 247 g/mol. The number of hydrogen-bond donors (Lipinski definition) is 1. The molecule has 0 saturated carbocycles. The molecule has 2 aliphatic rings. The summed E-state index contributed by atoms with van der Waals surface area (Å²) in [5, 5.41) is 9.60. The van der Waals surface area contributed by atoms with E-state index in [1.165, 1.54) is 24.1 Å². The van der Waals surface area contributed by atoms with Crippen molar-refractivity contribution in [3.8, 4) is 0 Å². The number of nitrogens with zero attached hydrogens (tertiary/aromatic N) is 1. The zero-order chi connectivity index (χ0) is 12.6. The summed E-state index contributed by atoms with van der Waals surface area (Å²) in [7, 11) is 2.18. The van der Waals surface area contributed by atoms with Gasteiger partial charge < -0.3 is 14.7 Å². The van der Waals surface area contributed by atoms with Crippen LogP contribution in [0.1, 0.15) is 23.5 Å². The molecule has 0 amide bonds. The molecule has 2 aliphatic heterocycles. The molecule has 3 nitrogen and oxygen atoms in total. The molecule has 2 fully saturated rings. The first-order chi connectivity index (χ1) is 8.73. The van der Waals surface area contributed by atoms with Gasteiger partial charge in [0.2, 0.25) is 0 Å². The molecule has 2 saturated heterocycles. The Bertz CT molecular complexity index is 423. The van der Waals surface area contributed by atoms with Gasteiger partial charge in [-0.15, -0.1) is 0 Å². The van der Waals surface area contributed by atoms with Crippen molar-refractivity contribution in [2.24, 2.45) is 0 Å². The molecule has 0 aromatic heterocycles. The summed E-state index contributed by atoms with van der Waals surface area (Å²) in [5.74, 6) is 0.645. The van der Waals surface area contributed by atoms with Gasteiger partial charge in [-0.2, -0.15) is 0 Å². The van der Waals surface area contributed by atoms with Crippen molar-refractivity contribution in [3.63, 3.8) is 0 Å². The van der Waals surface area contributed by atoms with E-state index in [0.29, 0.717) is 19.1 Å². The smallest absolute Gasteiger partial charge is 0.0651 e. The van der Waals surface area contributed by atoms with Crippen molar-refractivity contribution in [1.82, 2.24) is 4.90 Å². The van der Waals surface area contributed by atoms with E-state index >= 15 is 0 Å². The summed E-state index contributed by atoms with van der Waals surface area (Å²) in [6.45, 7) is 3.81. The van der Waals surface area contributed by atoms with Crippen molar-refractivity contribution in [1.29, 1.82) is 0 Å². The lowest BCUT2D eigenvalue weighted by Gasteiger charge is -2.40. The average molecular weight is 247 g/mol. The van der Waals surface area contributed by atoms with Crippen LogP contribution >= 0.6 is 0 Å². The molecule has 98 valence electrons. The molecule has 1 atom stereocenters. The van der Waals surface area contributed by atoms with Gasteiger partial charge in [-0.05, 0) is 37.1 Å². The first-order valence-electron chi connectivity index (χ1n) is 6.71. The molecule has 2 heterocycles. The number of aliphatic hydroxyl groups excluding tert-OH is 1. The second kappa shape index (κ2) is 4.65. The molecule has 1 unspecified atom stereocenters. The maximum atomic E-state index is 9.60. The highest BCUT2D eigenvalue weighted by molar-refractivity contribution is 5.34. The minimum absolute atomic E-state index is 0.138. The Labute approximate surface area is 108 Å². The molecule has 1 aromatic rings. The molecule has 0 aliphatic carbocycles. The number of ether oxygens (including phenoxy) is 1. The maximum absolute atomic E-state index is 9.60. The second-order valence-electron chi connectivity index (χ2n) is 5.80. The summed E-state index contributed by atoms with van der Waals surface area (Å²) < 4.78 is 5.30. The predicted molar refractivity (Wildman–Crippen MR) is 70.9 cm³/mol. The third-order valence-electron chi connectivity index (χ3n) is 4.42. The summed E-state index contributed by atoms with van der Waals surface area (Å²) >= 11 is 0. The quantitative estimate of drug-likeness (QED) is 0.875. The van der Waals surface area contributed by atoms with Crippen LogP contribution in [0.4, 0.5) is 0 Å². The summed E-state index contributed by atoms with van der Waals surface area (Å²) in [6, 6.07) is 8.75. The van der Waals surface area contributed by atoms with Crippen LogP contribution in [0.15, 0.2) is 24.3 Å². The second-order valence-corrected chi connectivity index (χ2v) is 5.80. The van der Waals surface area contributed by atoms with Crippen LogP contribution in [-0.4, -0.2) is 50.0 Å². The molecular formula is C15H21NO2. The highest BCUT2D eigenvalue weighted by Gasteiger charge is 2.40. The normalized spacial score (nSPS) is 27.1. The molecule has 3 rings (SSSR count). The van der Waals surface area contributed by atoms with Gasteiger partial charge in [0.1, 0.15) is 0 Å². The third kappa shape index (κ3) is 1.96. The third-order valence-corrected chi connectivity index (χ3v) is 4.42. The van der Waals surface area contributed by atoms with Gasteiger partial charge in [-0.3, -0.25) is 0 Å². The van der Waals surface area contributed by atoms with E-state index in [2.05, 4.69) is 36.2 Å². The van der Waals surface area contributed by atoms with Crippen LogP contribution in [0.25, 0.3) is 0 Å². The Morgan fingerprint density at radius 3 is 2.83 bits per heavy atom. The van der Waals surface area contributed by atoms with Crippen molar-refractivity contribution in [2.45, 2.75) is 17.8 Å². The van der Waals surface area contributed by atoms with E-state index in [9.17, 15) is 5.11 Å². The SMILES string of the molecule is CN1CCC(c2cccc(C3(CO)COC3)c2)C1. The average Bonchev–Trinajstić information content (AvgIpc) is 2.76. The van der Waals surface area contributed by atoms with Crippen LogP contribution in [-0.2, 0) is 10.2 Å². The summed E-state index contributed by atoms with van der Waals surface area (Å²) in [5.41, 5.74) is 2.51.